The zero-order chi connectivity index (χ0) is 27.6. The maximum absolute atomic E-state index is 12.9. The number of aryl methyl sites for hydroxylation is 1. The molecule has 0 bridgehead atoms. The second kappa shape index (κ2) is 11.5. The highest BCUT2D eigenvalue weighted by molar-refractivity contribution is 9.10. The summed E-state index contributed by atoms with van der Waals surface area (Å²) >= 11 is 9.98. The largest absolute Gasteiger partial charge is 0.352 e. The molecule has 0 aliphatic heterocycles. The van der Waals surface area contributed by atoms with Crippen molar-refractivity contribution in [1.82, 2.24) is 14.9 Å². The van der Waals surface area contributed by atoms with Gasteiger partial charge in [0.15, 0.2) is 0 Å². The quantitative estimate of drug-likeness (QED) is 0.230. The molecule has 1 aliphatic rings. The molecule has 2 amide bonds. The van der Waals surface area contributed by atoms with Gasteiger partial charge in [0.1, 0.15) is 5.82 Å². The van der Waals surface area contributed by atoms with Gasteiger partial charge in [-0.05, 0) is 72.5 Å². The van der Waals surface area contributed by atoms with Gasteiger partial charge in [-0.2, -0.15) is 0 Å². The average Bonchev–Trinajstić information content (AvgIpc) is 3.24. The summed E-state index contributed by atoms with van der Waals surface area (Å²) in [6.45, 7) is 2.55. The van der Waals surface area contributed by atoms with Crippen molar-refractivity contribution in [3.8, 4) is 0 Å². The molecule has 0 spiro atoms. The Morgan fingerprint density at radius 2 is 1.77 bits per heavy atom. The molecule has 1 saturated carbocycles. The van der Waals surface area contributed by atoms with Crippen LogP contribution in [0.25, 0.3) is 11.0 Å². The number of imidazole rings is 1. The van der Waals surface area contributed by atoms with E-state index in [0.29, 0.717) is 23.6 Å². The predicted octanol–water partition coefficient (Wildman–Crippen LogP) is 7.42. The normalized spacial score (nSPS) is 14.8. The van der Waals surface area contributed by atoms with Gasteiger partial charge in [0.25, 0.3) is 5.91 Å². The van der Waals surface area contributed by atoms with Gasteiger partial charge >= 0.3 is 0 Å². The van der Waals surface area contributed by atoms with Crippen LogP contribution >= 0.6 is 27.5 Å². The van der Waals surface area contributed by atoms with Crippen LogP contribution in [0.2, 0.25) is 5.02 Å². The van der Waals surface area contributed by atoms with E-state index in [9.17, 15) is 9.59 Å². The zero-order valence-electron chi connectivity index (χ0n) is 22.2. The van der Waals surface area contributed by atoms with E-state index >= 15 is 0 Å². The van der Waals surface area contributed by atoms with Gasteiger partial charge in [-0.3, -0.25) is 9.59 Å². The number of amides is 2. The third-order valence-corrected chi connectivity index (χ3v) is 8.65. The van der Waals surface area contributed by atoms with Crippen LogP contribution in [0.5, 0.6) is 0 Å². The first-order chi connectivity index (χ1) is 18.7. The van der Waals surface area contributed by atoms with Gasteiger partial charge in [-0.1, -0.05) is 65.8 Å². The topological polar surface area (TPSA) is 76.0 Å². The predicted molar refractivity (Wildman–Crippen MR) is 160 cm³/mol. The molecule has 39 heavy (non-hydrogen) atoms. The minimum absolute atomic E-state index is 0.133. The average molecular weight is 608 g/mol. The number of carbonyl (C=O) groups excluding carboxylic acids is 2. The Morgan fingerprint density at radius 3 is 2.51 bits per heavy atom. The molecule has 0 radical (unpaired) electrons. The molecule has 3 aromatic carbocycles. The molecule has 1 aliphatic carbocycles. The van der Waals surface area contributed by atoms with Crippen molar-refractivity contribution in [3.63, 3.8) is 0 Å². The van der Waals surface area contributed by atoms with E-state index in [1.54, 1.807) is 0 Å². The number of carbonyl (C=O) groups is 2. The van der Waals surface area contributed by atoms with E-state index in [-0.39, 0.29) is 17.2 Å². The molecule has 5 rings (SSSR count). The summed E-state index contributed by atoms with van der Waals surface area (Å²) < 4.78 is 2.98. The van der Waals surface area contributed by atoms with Crippen molar-refractivity contribution in [2.45, 2.75) is 52.0 Å². The number of hydrogen-bond donors (Lipinski definition) is 2. The summed E-state index contributed by atoms with van der Waals surface area (Å²) in [5, 5.41) is 6.73. The first kappa shape index (κ1) is 27.4. The van der Waals surface area contributed by atoms with E-state index in [4.69, 9.17) is 16.6 Å². The van der Waals surface area contributed by atoms with Crippen molar-refractivity contribution in [2.75, 3.05) is 5.32 Å². The molecule has 8 heteroatoms. The molecular weight excluding hydrogens is 576 g/mol. The maximum atomic E-state index is 12.9. The Hall–Kier alpha value is -3.16. The van der Waals surface area contributed by atoms with Crippen LogP contribution in [0, 0.1) is 5.41 Å². The number of rotatable bonds is 7. The van der Waals surface area contributed by atoms with Gasteiger partial charge < -0.3 is 15.2 Å². The van der Waals surface area contributed by atoms with Gasteiger partial charge in [-0.15, -0.1) is 0 Å². The van der Waals surface area contributed by atoms with E-state index in [1.807, 2.05) is 72.3 Å². The molecule has 1 heterocycles. The van der Waals surface area contributed by atoms with Crippen LogP contribution in [-0.2, 0) is 24.8 Å². The third kappa shape index (κ3) is 6.20. The second-order valence-corrected chi connectivity index (χ2v) is 12.0. The number of aromatic nitrogens is 2. The smallest absolute Gasteiger partial charge is 0.255 e. The van der Waals surface area contributed by atoms with Gasteiger partial charge in [0, 0.05) is 46.2 Å². The minimum Gasteiger partial charge on any atom is -0.352 e. The summed E-state index contributed by atoms with van der Waals surface area (Å²) in [5.41, 5.74) is 4.63. The van der Waals surface area contributed by atoms with E-state index in [0.717, 1.165) is 63.8 Å². The summed E-state index contributed by atoms with van der Waals surface area (Å²) in [6, 6.07) is 18.9. The van der Waals surface area contributed by atoms with Crippen LogP contribution in [0.15, 0.2) is 65.1 Å². The number of fused-ring (bicyclic) bond motifs is 1. The summed E-state index contributed by atoms with van der Waals surface area (Å²) in [4.78, 5) is 30.6. The van der Waals surface area contributed by atoms with Gasteiger partial charge in [0.05, 0.1) is 11.0 Å². The van der Waals surface area contributed by atoms with Crippen molar-refractivity contribution in [2.24, 2.45) is 12.5 Å². The Balaban J connectivity index is 1.30. The standard InChI is InChI=1S/C31H32BrClN4O2/c1-31(14-4-3-5-15-31)30(39)34-19-20-6-12-25(33)22(16-20)18-28-36-26-17-21(7-13-27(26)37(28)2)29(38)35-24-10-8-23(32)9-11-24/h6-13,16-17H,3-5,14-15,18-19H2,1-2H3,(H,34,39)(H,35,38). The Kier molecular flexibility index (Phi) is 8.10. The Labute approximate surface area is 242 Å². The van der Waals surface area contributed by atoms with Crippen molar-refractivity contribution >= 4 is 56.1 Å². The fourth-order valence-electron chi connectivity index (χ4n) is 5.28. The molecule has 1 fully saturated rings. The van der Waals surface area contributed by atoms with Gasteiger partial charge in [0.2, 0.25) is 5.91 Å². The van der Waals surface area contributed by atoms with Crippen LogP contribution in [-0.4, -0.2) is 21.4 Å². The Morgan fingerprint density at radius 1 is 1.03 bits per heavy atom. The molecule has 0 unspecified atom stereocenters. The lowest BCUT2D eigenvalue weighted by Gasteiger charge is -2.32. The van der Waals surface area contributed by atoms with Crippen LogP contribution < -0.4 is 10.6 Å². The minimum atomic E-state index is -0.269. The van der Waals surface area contributed by atoms with E-state index in [1.165, 1.54) is 6.42 Å². The van der Waals surface area contributed by atoms with E-state index in [2.05, 4.69) is 33.5 Å². The van der Waals surface area contributed by atoms with Crippen molar-refractivity contribution in [1.29, 1.82) is 0 Å². The number of nitrogens with zero attached hydrogens (tertiary/aromatic N) is 2. The third-order valence-electron chi connectivity index (χ3n) is 7.75. The van der Waals surface area contributed by atoms with Crippen molar-refractivity contribution < 1.29 is 9.59 Å². The van der Waals surface area contributed by atoms with Crippen LogP contribution in [0.1, 0.15) is 66.3 Å². The lowest BCUT2D eigenvalue weighted by atomic mass is 9.75. The highest BCUT2D eigenvalue weighted by Gasteiger charge is 2.34. The molecule has 6 nitrogen and oxygen atoms in total. The fourth-order valence-corrected chi connectivity index (χ4v) is 5.73. The second-order valence-electron chi connectivity index (χ2n) is 10.7. The lowest BCUT2D eigenvalue weighted by Crippen LogP contribution is -2.39. The summed E-state index contributed by atoms with van der Waals surface area (Å²) in [7, 11) is 1.97. The maximum Gasteiger partial charge on any atom is 0.255 e. The molecule has 202 valence electrons. The van der Waals surface area contributed by atoms with Gasteiger partial charge in [-0.25, -0.2) is 4.98 Å². The first-order valence-electron chi connectivity index (χ1n) is 13.3. The number of hydrogen-bond acceptors (Lipinski definition) is 3. The zero-order valence-corrected chi connectivity index (χ0v) is 24.5. The monoisotopic (exact) mass is 606 g/mol. The molecular formula is C31H32BrClN4O2. The molecule has 2 N–H and O–H groups in total. The highest BCUT2D eigenvalue weighted by atomic mass is 79.9. The SMILES string of the molecule is Cn1c(Cc2cc(CNC(=O)C3(C)CCCCC3)ccc2Cl)nc2cc(C(=O)Nc3ccc(Br)cc3)ccc21. The number of nitrogens with one attached hydrogen (secondary N) is 2. The first-order valence-corrected chi connectivity index (χ1v) is 14.5. The Bertz CT molecular complexity index is 1520. The summed E-state index contributed by atoms with van der Waals surface area (Å²) in [6.07, 6.45) is 5.88. The number of benzene rings is 3. The molecule has 1 aromatic heterocycles. The summed E-state index contributed by atoms with van der Waals surface area (Å²) in [5.74, 6) is 0.786. The van der Waals surface area contributed by atoms with E-state index < -0.39 is 0 Å². The molecule has 4 aromatic rings. The molecule has 0 atom stereocenters. The highest BCUT2D eigenvalue weighted by Crippen LogP contribution is 2.36. The fraction of sp³-hybridized carbons (Fsp3) is 0.323. The lowest BCUT2D eigenvalue weighted by molar-refractivity contribution is -0.132. The van der Waals surface area contributed by atoms with Crippen LogP contribution in [0.4, 0.5) is 5.69 Å². The molecule has 0 saturated heterocycles. The number of anilines is 1. The van der Waals surface area contributed by atoms with Crippen LogP contribution in [0.3, 0.4) is 0 Å². The van der Waals surface area contributed by atoms with Crippen molar-refractivity contribution in [3.05, 3.63) is 92.7 Å². The number of halogens is 2.